The zero-order chi connectivity index (χ0) is 14.5. The second kappa shape index (κ2) is 6.56. The van der Waals surface area contributed by atoms with Gasteiger partial charge in [-0.1, -0.05) is 11.6 Å². The minimum Gasteiger partial charge on any atom is -0.482 e. The summed E-state index contributed by atoms with van der Waals surface area (Å²) in [4.78, 5) is 22.8. The molecule has 7 heteroatoms. The Labute approximate surface area is 120 Å². The molecule has 0 atom stereocenters. The molecule has 0 spiro atoms. The van der Waals surface area contributed by atoms with Crippen molar-refractivity contribution >= 4 is 23.4 Å². The Balaban J connectivity index is 1.70. The number of hydrogen-bond acceptors (Lipinski definition) is 3. The summed E-state index contributed by atoms with van der Waals surface area (Å²) in [5.41, 5.74) is 0. The van der Waals surface area contributed by atoms with Gasteiger partial charge in [0.1, 0.15) is 11.6 Å². The van der Waals surface area contributed by atoms with Gasteiger partial charge in [0, 0.05) is 6.04 Å². The summed E-state index contributed by atoms with van der Waals surface area (Å²) >= 11 is 5.74. The lowest BCUT2D eigenvalue weighted by molar-refractivity contribution is -0.127. The van der Waals surface area contributed by atoms with Crippen LogP contribution in [-0.2, 0) is 9.59 Å². The van der Waals surface area contributed by atoms with Crippen molar-refractivity contribution in [3.05, 3.63) is 29.0 Å². The SMILES string of the molecule is O=C(COc1ccc(F)cc1Cl)NCC(=O)NC1CC1. The lowest BCUT2D eigenvalue weighted by Gasteiger charge is -2.09. The van der Waals surface area contributed by atoms with E-state index in [-0.39, 0.29) is 35.9 Å². The van der Waals surface area contributed by atoms with Crippen LogP contribution in [0.3, 0.4) is 0 Å². The fourth-order valence-electron chi connectivity index (χ4n) is 1.47. The minimum absolute atomic E-state index is 0.0873. The van der Waals surface area contributed by atoms with E-state index in [2.05, 4.69) is 10.6 Å². The third-order valence-electron chi connectivity index (χ3n) is 2.64. The number of ether oxygens (including phenoxy) is 1. The average molecular weight is 301 g/mol. The monoisotopic (exact) mass is 300 g/mol. The molecule has 2 rings (SSSR count). The number of nitrogens with one attached hydrogen (secondary N) is 2. The summed E-state index contributed by atoms with van der Waals surface area (Å²) in [5, 5.41) is 5.25. The standard InChI is InChI=1S/C13H14ClFN2O3/c14-10-5-8(15)1-4-11(10)20-7-13(19)16-6-12(18)17-9-2-3-9/h1,4-5,9H,2-3,6-7H2,(H,16,19)(H,17,18). The highest BCUT2D eigenvalue weighted by atomic mass is 35.5. The number of hydrogen-bond donors (Lipinski definition) is 2. The first-order valence-corrected chi connectivity index (χ1v) is 6.56. The Morgan fingerprint density at radius 2 is 2.10 bits per heavy atom. The van der Waals surface area contributed by atoms with Crippen molar-refractivity contribution in [2.75, 3.05) is 13.2 Å². The van der Waals surface area contributed by atoms with Crippen LogP contribution in [0.5, 0.6) is 5.75 Å². The van der Waals surface area contributed by atoms with E-state index >= 15 is 0 Å². The molecule has 1 aromatic rings. The van der Waals surface area contributed by atoms with Gasteiger partial charge in [-0.3, -0.25) is 9.59 Å². The Morgan fingerprint density at radius 3 is 2.75 bits per heavy atom. The van der Waals surface area contributed by atoms with Gasteiger partial charge in [-0.25, -0.2) is 4.39 Å². The van der Waals surface area contributed by atoms with E-state index in [0.717, 1.165) is 18.9 Å². The average Bonchev–Trinajstić information content (AvgIpc) is 3.19. The maximum Gasteiger partial charge on any atom is 0.258 e. The summed E-state index contributed by atoms with van der Waals surface area (Å²) in [6.07, 6.45) is 1.98. The van der Waals surface area contributed by atoms with Crippen molar-refractivity contribution in [2.45, 2.75) is 18.9 Å². The maximum atomic E-state index is 12.8. The van der Waals surface area contributed by atoms with Crippen molar-refractivity contribution in [3.8, 4) is 5.75 Å². The Kier molecular flexibility index (Phi) is 4.79. The molecular weight excluding hydrogens is 287 g/mol. The highest BCUT2D eigenvalue weighted by molar-refractivity contribution is 6.32. The Bertz CT molecular complexity index is 520. The lowest BCUT2D eigenvalue weighted by atomic mass is 10.3. The number of benzene rings is 1. The van der Waals surface area contributed by atoms with Crippen molar-refractivity contribution in [1.29, 1.82) is 0 Å². The number of carbonyl (C=O) groups is 2. The fourth-order valence-corrected chi connectivity index (χ4v) is 1.69. The third kappa shape index (κ3) is 4.70. The molecule has 1 aliphatic rings. The van der Waals surface area contributed by atoms with E-state index in [1.54, 1.807) is 0 Å². The molecule has 108 valence electrons. The van der Waals surface area contributed by atoms with Gasteiger partial charge in [-0.15, -0.1) is 0 Å². The highest BCUT2D eigenvalue weighted by Gasteiger charge is 2.23. The van der Waals surface area contributed by atoms with E-state index in [1.807, 2.05) is 0 Å². The predicted octanol–water partition coefficient (Wildman–Crippen LogP) is 1.25. The Hall–Kier alpha value is -1.82. The second-order valence-corrected chi connectivity index (χ2v) is 4.89. The highest BCUT2D eigenvalue weighted by Crippen LogP contribution is 2.24. The number of halogens is 2. The second-order valence-electron chi connectivity index (χ2n) is 4.48. The van der Waals surface area contributed by atoms with Gasteiger partial charge in [0.15, 0.2) is 6.61 Å². The molecule has 20 heavy (non-hydrogen) atoms. The molecule has 0 aliphatic heterocycles. The van der Waals surface area contributed by atoms with Crippen molar-refractivity contribution in [1.82, 2.24) is 10.6 Å². The number of rotatable bonds is 6. The molecule has 5 nitrogen and oxygen atoms in total. The summed E-state index contributed by atoms with van der Waals surface area (Å²) in [5.74, 6) is -0.939. The van der Waals surface area contributed by atoms with Crippen LogP contribution in [0.25, 0.3) is 0 Å². The van der Waals surface area contributed by atoms with Crippen LogP contribution in [-0.4, -0.2) is 31.0 Å². The van der Waals surface area contributed by atoms with Crippen molar-refractivity contribution < 1.29 is 18.7 Å². The first-order chi connectivity index (χ1) is 9.54. The molecule has 1 fully saturated rings. The van der Waals surface area contributed by atoms with Gasteiger partial charge in [0.25, 0.3) is 5.91 Å². The molecule has 0 aromatic heterocycles. The van der Waals surface area contributed by atoms with Crippen LogP contribution in [0.1, 0.15) is 12.8 Å². The summed E-state index contributed by atoms with van der Waals surface area (Å²) < 4.78 is 17.9. The zero-order valence-electron chi connectivity index (χ0n) is 10.6. The van der Waals surface area contributed by atoms with Gasteiger partial charge in [0.05, 0.1) is 11.6 Å². The molecule has 0 heterocycles. The van der Waals surface area contributed by atoms with Crippen LogP contribution < -0.4 is 15.4 Å². The Morgan fingerprint density at radius 1 is 1.35 bits per heavy atom. The molecule has 2 amide bonds. The van der Waals surface area contributed by atoms with E-state index in [9.17, 15) is 14.0 Å². The van der Waals surface area contributed by atoms with Gasteiger partial charge in [-0.2, -0.15) is 0 Å². The van der Waals surface area contributed by atoms with Crippen molar-refractivity contribution in [2.24, 2.45) is 0 Å². The fraction of sp³-hybridized carbons (Fsp3) is 0.385. The molecule has 1 aromatic carbocycles. The van der Waals surface area contributed by atoms with E-state index in [0.29, 0.717) is 0 Å². The van der Waals surface area contributed by atoms with Gasteiger partial charge in [-0.05, 0) is 31.0 Å². The topological polar surface area (TPSA) is 67.4 Å². The summed E-state index contributed by atoms with van der Waals surface area (Å²) in [6.45, 7) is -0.377. The third-order valence-corrected chi connectivity index (χ3v) is 2.94. The van der Waals surface area contributed by atoms with E-state index < -0.39 is 11.7 Å². The van der Waals surface area contributed by atoms with Crippen LogP contribution in [0, 0.1) is 5.82 Å². The number of carbonyl (C=O) groups excluding carboxylic acids is 2. The summed E-state index contributed by atoms with van der Waals surface area (Å²) in [7, 11) is 0. The normalized spacial score (nSPS) is 13.7. The summed E-state index contributed by atoms with van der Waals surface area (Å²) in [6, 6.07) is 3.87. The zero-order valence-corrected chi connectivity index (χ0v) is 11.4. The van der Waals surface area contributed by atoms with E-state index in [4.69, 9.17) is 16.3 Å². The maximum absolute atomic E-state index is 12.8. The molecule has 0 unspecified atom stereocenters. The van der Waals surface area contributed by atoms with Crippen molar-refractivity contribution in [3.63, 3.8) is 0 Å². The lowest BCUT2D eigenvalue weighted by Crippen LogP contribution is -2.39. The van der Waals surface area contributed by atoms with Crippen LogP contribution in [0.2, 0.25) is 5.02 Å². The predicted molar refractivity (Wildman–Crippen MR) is 71.1 cm³/mol. The van der Waals surface area contributed by atoms with Crippen LogP contribution in [0.4, 0.5) is 4.39 Å². The van der Waals surface area contributed by atoms with Gasteiger partial charge >= 0.3 is 0 Å². The molecule has 1 saturated carbocycles. The smallest absolute Gasteiger partial charge is 0.258 e. The molecule has 2 N–H and O–H groups in total. The minimum atomic E-state index is -0.483. The molecule has 0 bridgehead atoms. The first kappa shape index (κ1) is 14.6. The first-order valence-electron chi connectivity index (χ1n) is 6.18. The van der Waals surface area contributed by atoms with Gasteiger partial charge in [0.2, 0.25) is 5.91 Å². The molecular formula is C13H14ClFN2O3. The van der Waals surface area contributed by atoms with E-state index in [1.165, 1.54) is 12.1 Å². The molecule has 0 saturated heterocycles. The molecule has 1 aliphatic carbocycles. The van der Waals surface area contributed by atoms with Gasteiger partial charge < -0.3 is 15.4 Å². The van der Waals surface area contributed by atoms with Crippen LogP contribution in [0.15, 0.2) is 18.2 Å². The largest absolute Gasteiger partial charge is 0.482 e. The quantitative estimate of drug-likeness (QED) is 0.831. The molecule has 0 radical (unpaired) electrons. The number of amides is 2. The van der Waals surface area contributed by atoms with Crippen LogP contribution >= 0.6 is 11.6 Å².